The van der Waals surface area contributed by atoms with Crippen LogP contribution in [0.15, 0.2) is 60.7 Å². The topological polar surface area (TPSA) is 90.0 Å². The predicted molar refractivity (Wildman–Crippen MR) is 152 cm³/mol. The first-order valence-corrected chi connectivity index (χ1v) is 13.8. The number of ketones is 1. The number of carbonyl (C=O) groups is 1. The van der Waals surface area contributed by atoms with Crippen LogP contribution in [0.1, 0.15) is 46.2 Å². The Hall–Kier alpha value is -5.08. The summed E-state index contributed by atoms with van der Waals surface area (Å²) in [5.41, 5.74) is 0.932. The van der Waals surface area contributed by atoms with Gasteiger partial charge in [0.1, 0.15) is 35.4 Å². The van der Waals surface area contributed by atoms with E-state index < -0.39 is 23.3 Å². The molecular weight excluding hydrogens is 576 g/mol. The number of nitrogens with zero attached hydrogens (tertiary/aromatic N) is 4. The van der Waals surface area contributed by atoms with Crippen LogP contribution in [0.4, 0.5) is 17.6 Å². The molecule has 1 aliphatic rings. The lowest BCUT2D eigenvalue weighted by Crippen LogP contribution is -2.31. The van der Waals surface area contributed by atoms with Crippen molar-refractivity contribution < 1.29 is 31.8 Å². The van der Waals surface area contributed by atoms with E-state index in [2.05, 4.69) is 9.97 Å². The summed E-state index contributed by atoms with van der Waals surface area (Å²) >= 11 is 0. The minimum absolute atomic E-state index is 0.00627. The second-order valence-electron chi connectivity index (χ2n) is 10.5. The zero-order valence-electron chi connectivity index (χ0n) is 23.4. The average Bonchev–Trinajstić information content (AvgIpc) is 3.33. The number of nitriles is 1. The number of hydrogen-bond acceptors (Lipinski definition) is 6. The smallest absolute Gasteiger partial charge is 0.214 e. The van der Waals surface area contributed by atoms with Crippen molar-refractivity contribution in [2.45, 2.75) is 39.0 Å². The van der Waals surface area contributed by atoms with Crippen molar-refractivity contribution in [1.82, 2.24) is 14.5 Å². The first-order chi connectivity index (χ1) is 21.2. The van der Waals surface area contributed by atoms with Crippen LogP contribution in [-0.4, -0.2) is 33.0 Å². The summed E-state index contributed by atoms with van der Waals surface area (Å²) in [5, 5.41) is 8.91. The molecule has 6 rings (SSSR count). The van der Waals surface area contributed by atoms with E-state index in [1.807, 2.05) is 6.07 Å². The molecule has 11 heteroatoms. The minimum Gasteiger partial charge on any atom is -0.473 e. The first-order valence-electron chi connectivity index (χ1n) is 13.8. The highest BCUT2D eigenvalue weighted by molar-refractivity contribution is 5.97. The van der Waals surface area contributed by atoms with Crippen LogP contribution in [-0.2, 0) is 24.3 Å². The Balaban J connectivity index is 1.28. The molecule has 44 heavy (non-hydrogen) atoms. The maximum Gasteiger partial charge on any atom is 0.214 e. The lowest BCUT2D eigenvalue weighted by atomic mass is 10.0. The van der Waals surface area contributed by atoms with E-state index in [1.54, 1.807) is 16.7 Å². The van der Waals surface area contributed by atoms with Gasteiger partial charge in [0.15, 0.2) is 11.6 Å². The molecule has 0 unspecified atom stereocenters. The van der Waals surface area contributed by atoms with Crippen molar-refractivity contribution in [3.05, 3.63) is 112 Å². The molecule has 0 spiro atoms. The van der Waals surface area contributed by atoms with Gasteiger partial charge in [0.2, 0.25) is 5.88 Å². The van der Waals surface area contributed by atoms with E-state index in [0.717, 1.165) is 30.7 Å². The summed E-state index contributed by atoms with van der Waals surface area (Å²) in [6, 6.07) is 15.1. The fourth-order valence-electron chi connectivity index (χ4n) is 5.02. The molecule has 5 aromatic rings. The van der Waals surface area contributed by atoms with Gasteiger partial charge in [0, 0.05) is 35.8 Å². The number of rotatable bonds is 9. The van der Waals surface area contributed by atoms with Crippen LogP contribution in [0, 0.1) is 34.6 Å². The van der Waals surface area contributed by atoms with Crippen molar-refractivity contribution in [1.29, 1.82) is 5.26 Å². The Kier molecular flexibility index (Phi) is 7.84. The molecule has 0 bridgehead atoms. The van der Waals surface area contributed by atoms with Crippen molar-refractivity contribution in [2.75, 3.05) is 6.61 Å². The third-order valence-corrected chi connectivity index (χ3v) is 7.51. The van der Waals surface area contributed by atoms with Crippen molar-refractivity contribution in [3.63, 3.8) is 0 Å². The molecule has 0 radical (unpaired) electrons. The van der Waals surface area contributed by atoms with Gasteiger partial charge in [-0.25, -0.2) is 27.5 Å². The monoisotopic (exact) mass is 600 g/mol. The third-order valence-electron chi connectivity index (χ3n) is 7.51. The number of fused-ring (bicyclic) bond motifs is 1. The van der Waals surface area contributed by atoms with E-state index >= 15 is 8.78 Å². The molecule has 0 saturated carbocycles. The van der Waals surface area contributed by atoms with E-state index in [9.17, 15) is 13.6 Å². The largest absolute Gasteiger partial charge is 0.473 e. The van der Waals surface area contributed by atoms with E-state index in [-0.39, 0.29) is 69.8 Å². The number of pyridine rings is 1. The summed E-state index contributed by atoms with van der Waals surface area (Å²) in [7, 11) is 0. The van der Waals surface area contributed by atoms with Gasteiger partial charge in [-0.15, -0.1) is 0 Å². The molecule has 7 nitrogen and oxygen atoms in total. The van der Waals surface area contributed by atoms with Crippen LogP contribution >= 0.6 is 0 Å². The normalized spacial score (nSPS) is 14.3. The molecule has 3 aromatic carbocycles. The minimum atomic E-state index is -0.751. The summed E-state index contributed by atoms with van der Waals surface area (Å²) in [4.78, 5) is 20.6. The van der Waals surface area contributed by atoms with Gasteiger partial charge in [-0.05, 0) is 61.4 Å². The Bertz CT molecular complexity index is 1960. The lowest BCUT2D eigenvalue weighted by molar-refractivity contribution is -0.0589. The van der Waals surface area contributed by atoms with Crippen molar-refractivity contribution in [3.8, 4) is 23.2 Å². The van der Waals surface area contributed by atoms with E-state index in [0.29, 0.717) is 24.5 Å². The standard InChI is InChI=1S/C33H24F4N4O3/c1-18(42)21-10-28(37)33-30(12-21)41(16-23-7-8-43-23)31(40-33)13-22-11-27(36)24(14-26(22)35)29-3-2-4-32(39-29)44-17-20-6-5-19(15-38)9-25(20)34/h2-6,9-12,14,23H,7-8,13,16-17H2,1H3/t23-/m0/s1. The van der Waals surface area contributed by atoms with Crippen molar-refractivity contribution in [2.24, 2.45) is 0 Å². The van der Waals surface area contributed by atoms with Gasteiger partial charge in [-0.1, -0.05) is 12.1 Å². The molecule has 222 valence electrons. The number of carbonyl (C=O) groups excluding carboxylic acids is 1. The second-order valence-corrected chi connectivity index (χ2v) is 10.5. The Morgan fingerprint density at radius 3 is 2.50 bits per heavy atom. The average molecular weight is 601 g/mol. The maximum atomic E-state index is 15.5. The highest BCUT2D eigenvalue weighted by atomic mass is 19.1. The van der Waals surface area contributed by atoms with Gasteiger partial charge in [0.25, 0.3) is 0 Å². The van der Waals surface area contributed by atoms with Crippen LogP contribution in [0.5, 0.6) is 5.88 Å². The number of hydrogen-bond donors (Lipinski definition) is 0. The number of benzene rings is 3. The molecule has 2 aromatic heterocycles. The first kappa shape index (κ1) is 29.0. The molecule has 1 fully saturated rings. The predicted octanol–water partition coefficient (Wildman–Crippen LogP) is 6.69. The second kappa shape index (κ2) is 11.9. The zero-order valence-corrected chi connectivity index (χ0v) is 23.4. The summed E-state index contributed by atoms with van der Waals surface area (Å²) < 4.78 is 72.9. The summed E-state index contributed by atoms with van der Waals surface area (Å²) in [6.45, 7) is 2.06. The summed E-state index contributed by atoms with van der Waals surface area (Å²) in [6.07, 6.45) is 0.490. The van der Waals surface area contributed by atoms with E-state index in [4.69, 9.17) is 14.7 Å². The van der Waals surface area contributed by atoms with Crippen LogP contribution < -0.4 is 4.74 Å². The van der Waals surface area contributed by atoms with E-state index in [1.165, 1.54) is 31.2 Å². The highest BCUT2D eigenvalue weighted by Crippen LogP contribution is 2.30. The van der Waals surface area contributed by atoms with Crippen LogP contribution in [0.2, 0.25) is 0 Å². The Morgan fingerprint density at radius 2 is 1.80 bits per heavy atom. The number of Topliss-reactive ketones (excluding diaryl/α,β-unsaturated/α-hetero) is 1. The molecule has 1 saturated heterocycles. The van der Waals surface area contributed by atoms with Crippen molar-refractivity contribution >= 4 is 16.8 Å². The van der Waals surface area contributed by atoms with Gasteiger partial charge in [-0.2, -0.15) is 5.26 Å². The number of aromatic nitrogens is 3. The van der Waals surface area contributed by atoms with Gasteiger partial charge >= 0.3 is 0 Å². The number of halogens is 4. The maximum absolute atomic E-state index is 15.5. The molecule has 1 atom stereocenters. The summed E-state index contributed by atoms with van der Waals surface area (Å²) in [5.74, 6) is -2.72. The SMILES string of the molecule is CC(=O)c1cc(F)c2nc(Cc3cc(F)c(-c4cccc(OCc5ccc(C#N)cc5F)n4)cc3F)n(C[C@@H]3CCO3)c2c1. The zero-order chi connectivity index (χ0) is 31.0. The molecule has 1 aliphatic heterocycles. The molecule has 0 aliphatic carbocycles. The Morgan fingerprint density at radius 1 is 1.00 bits per heavy atom. The molecule has 3 heterocycles. The fraction of sp³-hybridized carbons (Fsp3) is 0.212. The Labute approximate surface area is 249 Å². The number of imidazole rings is 1. The molecular formula is C33H24F4N4O3. The highest BCUT2D eigenvalue weighted by Gasteiger charge is 2.25. The quantitative estimate of drug-likeness (QED) is 0.138. The van der Waals surface area contributed by atoms with Gasteiger partial charge in [0.05, 0.1) is 35.5 Å². The lowest BCUT2D eigenvalue weighted by Gasteiger charge is -2.27. The van der Waals surface area contributed by atoms with Crippen LogP contribution in [0.3, 0.4) is 0 Å². The third kappa shape index (κ3) is 5.76. The fourth-order valence-corrected chi connectivity index (χ4v) is 5.02. The number of ether oxygens (including phenoxy) is 2. The van der Waals surface area contributed by atoms with Gasteiger partial charge < -0.3 is 14.0 Å². The molecule has 0 N–H and O–H groups in total. The molecule has 0 amide bonds. The van der Waals surface area contributed by atoms with Crippen LogP contribution in [0.25, 0.3) is 22.3 Å². The van der Waals surface area contributed by atoms with Gasteiger partial charge in [-0.3, -0.25) is 4.79 Å².